The average molecular weight is 549 g/mol. The second-order valence-corrected chi connectivity index (χ2v) is 13.6. The summed E-state index contributed by atoms with van der Waals surface area (Å²) in [5, 5.41) is 0. The van der Waals surface area contributed by atoms with Crippen molar-refractivity contribution >= 4 is 14.1 Å². The van der Waals surface area contributed by atoms with Crippen LogP contribution in [0.5, 0.6) is 0 Å². The van der Waals surface area contributed by atoms with Crippen LogP contribution in [0.3, 0.4) is 0 Å². The topological polar surface area (TPSA) is 18.8 Å². The van der Waals surface area contributed by atoms with Gasteiger partial charge in [0, 0.05) is 25.6 Å². The van der Waals surface area contributed by atoms with Crippen LogP contribution in [0, 0.1) is 17.8 Å². The molecule has 0 unspecified atom stereocenters. The Balaban J connectivity index is 0.000000267. The monoisotopic (exact) mass is 548 g/mol. The molecule has 2 aromatic rings. The molecule has 8 rings (SSSR count). The van der Waals surface area contributed by atoms with Gasteiger partial charge in [-0.25, -0.2) is 0 Å². The van der Waals surface area contributed by atoms with Crippen molar-refractivity contribution < 1.29 is 31.0 Å². The van der Waals surface area contributed by atoms with E-state index in [2.05, 4.69) is 112 Å². The van der Waals surface area contributed by atoms with E-state index in [1.165, 1.54) is 75.1 Å². The molecule has 4 bridgehead atoms. The Hall–Kier alpha value is -0.905. The molecule has 6 aliphatic rings. The summed E-state index contributed by atoms with van der Waals surface area (Å²) < 4.78 is 0. The molecule has 3 radical (unpaired) electrons. The molecule has 0 saturated carbocycles. The first-order chi connectivity index (χ1) is 18.2. The van der Waals surface area contributed by atoms with Gasteiger partial charge in [-0.05, 0) is 122 Å². The Labute approximate surface area is 270 Å². The van der Waals surface area contributed by atoms with Gasteiger partial charge in [0.25, 0.3) is 0 Å². The predicted molar refractivity (Wildman–Crippen MR) is 169 cm³/mol. The molecule has 6 saturated heterocycles. The predicted octanol–water partition coefficient (Wildman–Crippen LogP) is 4.73. The SMILES string of the molecule is C[C@@H](C[C@@H]1C2CCN(CC2)C1(C)C)c1ccccc1.C[C@@H](N=C1C2CCN(CC2)C1(C)C)c1ccccc1.[B].[H-].[Na+]. The van der Waals surface area contributed by atoms with Crippen LogP contribution < -0.4 is 29.6 Å². The van der Waals surface area contributed by atoms with E-state index in [0.29, 0.717) is 17.4 Å². The third-order valence-corrected chi connectivity index (χ3v) is 10.7. The Morgan fingerprint density at radius 3 is 1.77 bits per heavy atom. The fourth-order valence-electron chi connectivity index (χ4n) is 8.12. The van der Waals surface area contributed by atoms with Crippen LogP contribution in [0.2, 0.25) is 0 Å². The minimum Gasteiger partial charge on any atom is -1.00 e. The molecule has 40 heavy (non-hydrogen) atoms. The first-order valence-electron chi connectivity index (χ1n) is 15.4. The molecule has 6 heterocycles. The van der Waals surface area contributed by atoms with Crippen molar-refractivity contribution in [3.8, 4) is 0 Å². The molecule has 3 atom stereocenters. The number of hydrogen-bond acceptors (Lipinski definition) is 3. The molecule has 0 aliphatic carbocycles. The van der Waals surface area contributed by atoms with Gasteiger partial charge in [-0.3, -0.25) is 14.8 Å². The summed E-state index contributed by atoms with van der Waals surface area (Å²) in [6.07, 6.45) is 6.79. The largest absolute Gasteiger partial charge is 1.00 e. The number of piperidine rings is 6. The minimum absolute atomic E-state index is 0. The van der Waals surface area contributed by atoms with E-state index in [-0.39, 0.29) is 51.0 Å². The summed E-state index contributed by atoms with van der Waals surface area (Å²) in [4.78, 5) is 10.4. The fourth-order valence-corrected chi connectivity index (χ4v) is 8.12. The smallest absolute Gasteiger partial charge is 1.00 e. The summed E-state index contributed by atoms with van der Waals surface area (Å²) in [5.74, 6) is 3.23. The Morgan fingerprint density at radius 1 is 0.775 bits per heavy atom. The Bertz CT molecular complexity index is 1080. The van der Waals surface area contributed by atoms with Gasteiger partial charge in [0.05, 0.1) is 11.6 Å². The van der Waals surface area contributed by atoms with Gasteiger partial charge in [-0.2, -0.15) is 0 Å². The molecule has 6 fully saturated rings. The van der Waals surface area contributed by atoms with E-state index in [0.717, 1.165) is 11.8 Å². The summed E-state index contributed by atoms with van der Waals surface area (Å²) in [5.41, 5.74) is 4.83. The number of benzene rings is 2. The maximum atomic E-state index is 5.12. The van der Waals surface area contributed by atoms with Gasteiger partial charge in [0.2, 0.25) is 0 Å². The van der Waals surface area contributed by atoms with Crippen LogP contribution in [0.25, 0.3) is 0 Å². The molecule has 3 nitrogen and oxygen atoms in total. The third-order valence-electron chi connectivity index (χ3n) is 10.7. The maximum absolute atomic E-state index is 5.12. The van der Waals surface area contributed by atoms with Gasteiger partial charge in [-0.1, -0.05) is 67.6 Å². The molecule has 0 N–H and O–H groups in total. The van der Waals surface area contributed by atoms with Crippen LogP contribution in [-0.2, 0) is 0 Å². The molecular formula is C35H52BN3Na. The van der Waals surface area contributed by atoms with Crippen LogP contribution in [0.15, 0.2) is 65.7 Å². The van der Waals surface area contributed by atoms with E-state index >= 15 is 0 Å². The van der Waals surface area contributed by atoms with Crippen LogP contribution >= 0.6 is 0 Å². The zero-order chi connectivity index (χ0) is 26.9. The van der Waals surface area contributed by atoms with Crippen molar-refractivity contribution in [1.82, 2.24) is 9.80 Å². The molecule has 5 heteroatoms. The van der Waals surface area contributed by atoms with Crippen molar-refractivity contribution in [2.45, 2.75) is 96.7 Å². The maximum Gasteiger partial charge on any atom is 1.00 e. The van der Waals surface area contributed by atoms with Crippen molar-refractivity contribution in [3.05, 3.63) is 71.8 Å². The second-order valence-electron chi connectivity index (χ2n) is 13.6. The second kappa shape index (κ2) is 14.0. The van der Waals surface area contributed by atoms with Crippen molar-refractivity contribution in [3.63, 3.8) is 0 Å². The van der Waals surface area contributed by atoms with Gasteiger partial charge < -0.3 is 1.43 Å². The normalized spacial score (nSPS) is 31.6. The van der Waals surface area contributed by atoms with Crippen LogP contribution in [0.4, 0.5) is 0 Å². The van der Waals surface area contributed by atoms with E-state index in [9.17, 15) is 0 Å². The standard InChI is InChI=1S/C18H27N.C17H24N2.B.Na.H/c1-14(15-7-5-4-6-8-15)13-17-16-9-11-19(12-10-16)18(17,2)3;1-13(14-7-5-4-6-8-14)18-16-15-9-11-19(12-10-15)17(16,2)3;;;/h4-8,14,16-17H,9-13H2,1-3H3;4-8,13,15H,9-12H2,1-3H3;;;/q;;;+1;-1/t14-,17+;13-;;;/m01.../s1. The number of aliphatic imine (C=N–C) groups is 1. The number of fused-ring (bicyclic) bond motifs is 6. The summed E-state index contributed by atoms with van der Waals surface area (Å²) >= 11 is 0. The average Bonchev–Trinajstić information content (AvgIpc) is 2.94. The van der Waals surface area contributed by atoms with Gasteiger partial charge in [-0.15, -0.1) is 0 Å². The number of hydrogen-bond donors (Lipinski definition) is 0. The minimum atomic E-state index is 0. The summed E-state index contributed by atoms with van der Waals surface area (Å²) in [7, 11) is 0. The summed E-state index contributed by atoms with van der Waals surface area (Å²) in [6.45, 7) is 19.4. The van der Waals surface area contributed by atoms with E-state index in [1.54, 1.807) is 0 Å². The molecule has 211 valence electrons. The molecular weight excluding hydrogens is 496 g/mol. The van der Waals surface area contributed by atoms with E-state index in [4.69, 9.17) is 4.99 Å². The van der Waals surface area contributed by atoms with Crippen molar-refractivity contribution in [2.24, 2.45) is 22.7 Å². The first kappa shape index (κ1) is 33.6. The van der Waals surface area contributed by atoms with Gasteiger partial charge in [0.15, 0.2) is 0 Å². The summed E-state index contributed by atoms with van der Waals surface area (Å²) in [6, 6.07) is 22.0. The molecule has 0 aromatic heterocycles. The molecule has 0 amide bonds. The van der Waals surface area contributed by atoms with Crippen LogP contribution in [0.1, 0.15) is 98.2 Å². The van der Waals surface area contributed by atoms with Gasteiger partial charge >= 0.3 is 29.6 Å². The fraction of sp³-hybridized carbons (Fsp3) is 0.629. The Kier molecular flexibility index (Phi) is 11.8. The molecule has 2 aromatic carbocycles. The molecule has 0 spiro atoms. The Morgan fingerprint density at radius 2 is 1.27 bits per heavy atom. The zero-order valence-corrected chi connectivity index (χ0v) is 28.4. The van der Waals surface area contributed by atoms with Crippen molar-refractivity contribution in [2.75, 3.05) is 26.2 Å². The number of rotatable bonds is 5. The van der Waals surface area contributed by atoms with E-state index in [1.807, 2.05) is 0 Å². The quantitative estimate of drug-likeness (QED) is 0.504. The zero-order valence-electron chi connectivity index (χ0n) is 27.4. The van der Waals surface area contributed by atoms with E-state index < -0.39 is 0 Å². The van der Waals surface area contributed by atoms with Crippen LogP contribution in [-0.4, -0.2) is 61.2 Å². The van der Waals surface area contributed by atoms with Crippen molar-refractivity contribution in [1.29, 1.82) is 0 Å². The van der Waals surface area contributed by atoms with Gasteiger partial charge in [0.1, 0.15) is 0 Å². The molecule has 6 aliphatic heterocycles. The number of nitrogens with zero attached hydrogens (tertiary/aromatic N) is 3. The third kappa shape index (κ3) is 7.00. The first-order valence-corrected chi connectivity index (χ1v) is 15.4.